The summed E-state index contributed by atoms with van der Waals surface area (Å²) in [5.74, 6) is 2.90. The third-order valence-corrected chi connectivity index (χ3v) is 5.60. The van der Waals surface area contributed by atoms with Crippen molar-refractivity contribution in [1.29, 1.82) is 0 Å². The largest absolute Gasteiger partial charge is 0.338 e. The number of aryl methyl sites for hydroxylation is 1. The molecule has 1 aliphatic carbocycles. The fourth-order valence-electron chi connectivity index (χ4n) is 3.13. The van der Waals surface area contributed by atoms with Crippen LogP contribution in [0.25, 0.3) is 0 Å². The summed E-state index contributed by atoms with van der Waals surface area (Å²) in [6, 6.07) is 0. The van der Waals surface area contributed by atoms with Gasteiger partial charge < -0.3 is 9.84 Å². The van der Waals surface area contributed by atoms with Gasteiger partial charge in [0.15, 0.2) is 5.82 Å². The van der Waals surface area contributed by atoms with E-state index < -0.39 is 0 Å². The van der Waals surface area contributed by atoms with Crippen LogP contribution in [0.15, 0.2) is 10.0 Å². The van der Waals surface area contributed by atoms with Crippen LogP contribution in [0, 0.1) is 12.8 Å². The van der Waals surface area contributed by atoms with Crippen molar-refractivity contribution in [3.05, 3.63) is 27.8 Å². The fraction of sp³-hybridized carbons (Fsp3) is 0.688. The Balaban J connectivity index is 0.00000169. The number of nitrogens with one attached hydrogen (secondary N) is 1. The lowest BCUT2D eigenvalue weighted by molar-refractivity contribution is 0.193. The van der Waals surface area contributed by atoms with Gasteiger partial charge in [-0.05, 0) is 45.2 Å². The topological polar surface area (TPSA) is 67.1 Å². The summed E-state index contributed by atoms with van der Waals surface area (Å²) in [5, 5.41) is 7.59. The Morgan fingerprint density at radius 2 is 2.21 bits per heavy atom. The maximum absolute atomic E-state index is 5.48. The molecule has 1 aliphatic heterocycles. The third-order valence-electron chi connectivity index (χ3n) is 4.68. The zero-order valence-electron chi connectivity index (χ0n) is 13.9. The van der Waals surface area contributed by atoms with Gasteiger partial charge in [-0.1, -0.05) is 5.16 Å². The summed E-state index contributed by atoms with van der Waals surface area (Å²) < 4.78 is 5.48. The predicted molar refractivity (Wildman–Crippen MR) is 95.5 cm³/mol. The molecule has 2 aromatic heterocycles. The van der Waals surface area contributed by atoms with Crippen molar-refractivity contribution in [3.8, 4) is 0 Å². The molecular formula is C16H24ClN5OS. The normalized spacial score (nSPS) is 20.5. The molecule has 1 unspecified atom stereocenters. The molecule has 3 heterocycles. The number of thiazole rings is 1. The van der Waals surface area contributed by atoms with E-state index in [0.29, 0.717) is 11.8 Å². The van der Waals surface area contributed by atoms with Gasteiger partial charge in [0.05, 0.1) is 17.7 Å². The molecule has 0 aromatic carbocycles. The maximum atomic E-state index is 5.48. The highest BCUT2D eigenvalue weighted by atomic mass is 35.5. The summed E-state index contributed by atoms with van der Waals surface area (Å²) in [6.07, 6.45) is 3.66. The van der Waals surface area contributed by atoms with Crippen LogP contribution in [0.1, 0.15) is 47.5 Å². The molecule has 1 atom stereocenters. The third kappa shape index (κ3) is 4.33. The average Bonchev–Trinajstić information content (AvgIpc) is 2.91. The molecule has 6 nitrogen and oxygen atoms in total. The van der Waals surface area contributed by atoms with E-state index in [4.69, 9.17) is 4.52 Å². The molecule has 24 heavy (non-hydrogen) atoms. The highest BCUT2D eigenvalue weighted by molar-refractivity contribution is 7.09. The Bertz CT molecular complexity index is 650. The van der Waals surface area contributed by atoms with E-state index >= 15 is 0 Å². The number of hydrogen-bond acceptors (Lipinski definition) is 7. The number of nitrogens with zero attached hydrogens (tertiary/aromatic N) is 4. The lowest BCUT2D eigenvalue weighted by Gasteiger charge is -2.23. The lowest BCUT2D eigenvalue weighted by atomic mass is 10.1. The second kappa shape index (κ2) is 7.91. The van der Waals surface area contributed by atoms with Crippen molar-refractivity contribution in [2.24, 2.45) is 5.92 Å². The Hall–Kier alpha value is -1.02. The van der Waals surface area contributed by atoms with Gasteiger partial charge in [-0.3, -0.25) is 4.90 Å². The van der Waals surface area contributed by atoms with Crippen LogP contribution < -0.4 is 5.32 Å². The molecule has 4 rings (SSSR count). The molecule has 2 aliphatic rings. The lowest BCUT2D eigenvalue weighted by Crippen LogP contribution is -2.30. The first-order valence-corrected chi connectivity index (χ1v) is 9.30. The molecule has 132 valence electrons. The zero-order chi connectivity index (χ0) is 15.6. The molecule has 8 heteroatoms. The fourth-order valence-corrected chi connectivity index (χ4v) is 3.95. The molecule has 2 aromatic rings. The van der Waals surface area contributed by atoms with Crippen molar-refractivity contribution < 1.29 is 4.52 Å². The molecule has 0 bridgehead atoms. The van der Waals surface area contributed by atoms with Crippen molar-refractivity contribution in [1.82, 2.24) is 25.3 Å². The van der Waals surface area contributed by atoms with Gasteiger partial charge >= 0.3 is 0 Å². The van der Waals surface area contributed by atoms with Crippen LogP contribution in [0.2, 0.25) is 0 Å². The van der Waals surface area contributed by atoms with Crippen LogP contribution in [-0.4, -0.2) is 39.7 Å². The highest BCUT2D eigenvalue weighted by Crippen LogP contribution is 2.38. The molecule has 0 spiro atoms. The molecule has 0 radical (unpaired) electrons. The van der Waals surface area contributed by atoms with Crippen LogP contribution in [0.4, 0.5) is 0 Å². The van der Waals surface area contributed by atoms with Crippen LogP contribution >= 0.6 is 23.7 Å². The quantitative estimate of drug-likeness (QED) is 0.809. The van der Waals surface area contributed by atoms with Gasteiger partial charge in [-0.25, -0.2) is 4.98 Å². The number of rotatable bonds is 7. The van der Waals surface area contributed by atoms with Gasteiger partial charge in [0, 0.05) is 23.9 Å². The highest BCUT2D eigenvalue weighted by Gasteiger charge is 2.29. The summed E-state index contributed by atoms with van der Waals surface area (Å²) >= 11 is 1.73. The minimum Gasteiger partial charge on any atom is -0.338 e. The van der Waals surface area contributed by atoms with Gasteiger partial charge in [-0.15, -0.1) is 23.7 Å². The van der Waals surface area contributed by atoms with E-state index in [0.717, 1.165) is 50.1 Å². The van der Waals surface area contributed by atoms with E-state index in [-0.39, 0.29) is 12.4 Å². The summed E-state index contributed by atoms with van der Waals surface area (Å²) in [6.45, 7) is 7.02. The summed E-state index contributed by atoms with van der Waals surface area (Å²) in [7, 11) is 0. The smallest absolute Gasteiger partial charge is 0.240 e. The number of aromatic nitrogens is 3. The monoisotopic (exact) mass is 369 g/mol. The second-order valence-electron chi connectivity index (χ2n) is 6.71. The van der Waals surface area contributed by atoms with E-state index in [1.54, 1.807) is 11.3 Å². The van der Waals surface area contributed by atoms with Gasteiger partial charge in [0.2, 0.25) is 5.89 Å². The Morgan fingerprint density at radius 3 is 2.88 bits per heavy atom. The van der Waals surface area contributed by atoms with E-state index in [1.807, 2.05) is 5.51 Å². The van der Waals surface area contributed by atoms with Crippen molar-refractivity contribution in [2.75, 3.05) is 19.6 Å². The van der Waals surface area contributed by atoms with Crippen LogP contribution in [0.5, 0.6) is 0 Å². The van der Waals surface area contributed by atoms with Crippen LogP contribution in [-0.2, 0) is 13.1 Å². The SMILES string of the molecule is Cc1ncsc1CN(Cc1nc(C2CC2)no1)CC1CCNC1.Cl. The van der Waals surface area contributed by atoms with E-state index in [2.05, 4.69) is 32.3 Å². The Kier molecular flexibility index (Phi) is 5.86. The van der Waals surface area contributed by atoms with Crippen molar-refractivity contribution in [3.63, 3.8) is 0 Å². The minimum absolute atomic E-state index is 0. The predicted octanol–water partition coefficient (Wildman–Crippen LogP) is 2.75. The Morgan fingerprint density at radius 1 is 1.33 bits per heavy atom. The standard InChI is InChI=1S/C16H23N5OS.ClH/c1-11-14(23-10-18-11)8-21(7-12-4-5-17-6-12)9-15-19-16(20-22-15)13-2-3-13;/h10,12-13,17H,2-9H2,1H3;1H. The maximum Gasteiger partial charge on any atom is 0.240 e. The summed E-state index contributed by atoms with van der Waals surface area (Å²) in [4.78, 5) is 12.7. The van der Waals surface area contributed by atoms with Crippen LogP contribution in [0.3, 0.4) is 0 Å². The second-order valence-corrected chi connectivity index (χ2v) is 7.65. The molecular weight excluding hydrogens is 346 g/mol. The molecule has 1 saturated carbocycles. The Labute approximate surface area is 152 Å². The first-order chi connectivity index (χ1) is 11.3. The molecule has 1 N–H and O–H groups in total. The van der Waals surface area contributed by atoms with Gasteiger partial charge in [0.1, 0.15) is 0 Å². The average molecular weight is 370 g/mol. The first-order valence-electron chi connectivity index (χ1n) is 8.42. The van der Waals surface area contributed by atoms with Gasteiger partial charge in [0.25, 0.3) is 0 Å². The van der Waals surface area contributed by atoms with Crippen molar-refractivity contribution >= 4 is 23.7 Å². The molecule has 0 amide bonds. The van der Waals surface area contributed by atoms with Crippen molar-refractivity contribution in [2.45, 2.75) is 45.2 Å². The van der Waals surface area contributed by atoms with E-state index in [9.17, 15) is 0 Å². The first kappa shape index (κ1) is 17.8. The van der Waals surface area contributed by atoms with Gasteiger partial charge in [-0.2, -0.15) is 4.98 Å². The number of halogens is 1. The minimum atomic E-state index is 0. The zero-order valence-corrected chi connectivity index (χ0v) is 15.5. The number of hydrogen-bond donors (Lipinski definition) is 1. The molecule has 2 fully saturated rings. The van der Waals surface area contributed by atoms with E-state index in [1.165, 1.54) is 24.1 Å². The molecule has 1 saturated heterocycles. The summed E-state index contributed by atoms with van der Waals surface area (Å²) in [5.41, 5.74) is 3.06.